The fraction of sp³-hybridized carbons (Fsp3) is 0.500. The summed E-state index contributed by atoms with van der Waals surface area (Å²) in [5.41, 5.74) is 2.59. The highest BCUT2D eigenvalue weighted by Gasteiger charge is 2.16. The molecule has 0 bridgehead atoms. The summed E-state index contributed by atoms with van der Waals surface area (Å²) in [6.07, 6.45) is 0.761. The van der Waals surface area contributed by atoms with E-state index in [2.05, 4.69) is 25.5 Å². The molecule has 0 amide bonds. The van der Waals surface area contributed by atoms with Crippen molar-refractivity contribution in [2.24, 2.45) is 0 Å². The SMILES string of the molecule is CC1=CP(=S)(CCO)C=C1C. The van der Waals surface area contributed by atoms with Crippen molar-refractivity contribution in [1.29, 1.82) is 0 Å². The van der Waals surface area contributed by atoms with Gasteiger partial charge in [-0.25, -0.2) is 0 Å². The third-order valence-corrected chi connectivity index (χ3v) is 5.62. The maximum atomic E-state index is 8.77. The Bertz CT molecular complexity index is 243. The molecular weight excluding hydrogens is 175 g/mol. The number of aliphatic hydroxyl groups is 1. The van der Waals surface area contributed by atoms with Crippen molar-refractivity contribution < 1.29 is 5.11 Å². The molecule has 1 heterocycles. The second-order valence-corrected chi connectivity index (χ2v) is 7.64. The number of hydrogen-bond acceptors (Lipinski definition) is 2. The van der Waals surface area contributed by atoms with E-state index in [0.717, 1.165) is 6.16 Å². The third-order valence-electron chi connectivity index (χ3n) is 1.90. The Hall–Kier alpha value is 0.0900. The van der Waals surface area contributed by atoms with E-state index in [4.69, 9.17) is 16.9 Å². The van der Waals surface area contributed by atoms with E-state index < -0.39 is 6.04 Å². The number of hydrogen-bond donors (Lipinski definition) is 1. The Morgan fingerprint density at radius 1 is 1.36 bits per heavy atom. The molecule has 1 aliphatic heterocycles. The number of aliphatic hydroxyl groups excluding tert-OH is 1. The van der Waals surface area contributed by atoms with Crippen molar-refractivity contribution >= 4 is 17.8 Å². The van der Waals surface area contributed by atoms with Gasteiger partial charge in [-0.05, 0) is 42.7 Å². The van der Waals surface area contributed by atoms with E-state index in [1.807, 2.05) is 0 Å². The highest BCUT2D eigenvalue weighted by atomic mass is 32.4. The first kappa shape index (κ1) is 9.18. The van der Waals surface area contributed by atoms with Crippen LogP contribution in [0.2, 0.25) is 0 Å². The molecule has 1 rings (SSSR count). The first-order valence-electron chi connectivity index (χ1n) is 3.66. The van der Waals surface area contributed by atoms with Crippen LogP contribution in [-0.2, 0) is 11.8 Å². The maximum absolute atomic E-state index is 8.77. The van der Waals surface area contributed by atoms with E-state index in [1.54, 1.807) is 0 Å². The quantitative estimate of drug-likeness (QED) is 0.671. The van der Waals surface area contributed by atoms with Crippen molar-refractivity contribution in [1.82, 2.24) is 0 Å². The van der Waals surface area contributed by atoms with Gasteiger partial charge in [-0.1, -0.05) is 11.8 Å². The standard InChI is InChI=1S/C8H13OPS/c1-7-5-10(11,4-3-9)6-8(7)2/h5-6,9H,3-4H2,1-2H3. The van der Waals surface area contributed by atoms with Crippen LogP contribution in [-0.4, -0.2) is 17.9 Å². The first-order valence-corrected chi connectivity index (χ1v) is 6.78. The lowest BCUT2D eigenvalue weighted by Crippen LogP contribution is -1.88. The number of rotatable bonds is 2. The summed E-state index contributed by atoms with van der Waals surface area (Å²) in [4.78, 5) is 0. The highest BCUT2D eigenvalue weighted by Crippen LogP contribution is 2.55. The summed E-state index contributed by atoms with van der Waals surface area (Å²) >= 11 is 5.42. The average molecular weight is 188 g/mol. The smallest absolute Gasteiger partial charge is 0.0483 e. The molecule has 3 heteroatoms. The Morgan fingerprint density at radius 2 is 1.82 bits per heavy atom. The molecule has 0 aromatic rings. The lowest BCUT2D eigenvalue weighted by molar-refractivity contribution is 0.322. The van der Waals surface area contributed by atoms with Crippen LogP contribution in [0.5, 0.6) is 0 Å². The van der Waals surface area contributed by atoms with E-state index >= 15 is 0 Å². The van der Waals surface area contributed by atoms with Crippen LogP contribution in [0.4, 0.5) is 0 Å². The van der Waals surface area contributed by atoms with E-state index in [1.165, 1.54) is 11.1 Å². The largest absolute Gasteiger partial charge is 0.396 e. The van der Waals surface area contributed by atoms with Gasteiger partial charge in [-0.2, -0.15) is 0 Å². The molecule has 0 saturated carbocycles. The molecular formula is C8H13OPS. The van der Waals surface area contributed by atoms with Gasteiger partial charge >= 0.3 is 0 Å². The lowest BCUT2D eigenvalue weighted by atomic mass is 10.2. The Kier molecular flexibility index (Phi) is 2.69. The van der Waals surface area contributed by atoms with Gasteiger partial charge in [0.05, 0.1) is 0 Å². The van der Waals surface area contributed by atoms with Crippen LogP contribution in [0.3, 0.4) is 0 Å². The van der Waals surface area contributed by atoms with Gasteiger partial charge in [0, 0.05) is 12.8 Å². The van der Waals surface area contributed by atoms with E-state index in [9.17, 15) is 0 Å². The first-order chi connectivity index (χ1) is 5.07. The maximum Gasteiger partial charge on any atom is 0.0483 e. The molecule has 0 saturated heterocycles. The third kappa shape index (κ3) is 2.02. The summed E-state index contributed by atoms with van der Waals surface area (Å²) in [6.45, 7) is 4.37. The van der Waals surface area contributed by atoms with Crippen molar-refractivity contribution in [3.63, 3.8) is 0 Å². The second kappa shape index (κ2) is 3.22. The molecule has 0 atom stereocenters. The summed E-state index contributed by atoms with van der Waals surface area (Å²) in [6, 6.07) is -1.42. The van der Waals surface area contributed by atoms with Crippen LogP contribution in [0.1, 0.15) is 13.8 Å². The monoisotopic (exact) mass is 188 g/mol. The topological polar surface area (TPSA) is 20.2 Å². The summed E-state index contributed by atoms with van der Waals surface area (Å²) in [5.74, 6) is 4.32. The Morgan fingerprint density at radius 3 is 2.18 bits per heavy atom. The zero-order chi connectivity index (χ0) is 8.48. The molecule has 62 valence electrons. The van der Waals surface area contributed by atoms with Gasteiger partial charge in [0.25, 0.3) is 0 Å². The predicted octanol–water partition coefficient (Wildman–Crippen LogP) is 2.28. The normalized spacial score (nSPS) is 21.4. The average Bonchev–Trinajstić information content (AvgIpc) is 2.08. The van der Waals surface area contributed by atoms with Crippen LogP contribution >= 0.6 is 6.04 Å². The zero-order valence-corrected chi connectivity index (χ0v) is 8.58. The second-order valence-electron chi connectivity index (χ2n) is 2.93. The minimum atomic E-state index is -1.42. The molecule has 0 unspecified atom stereocenters. The van der Waals surface area contributed by atoms with Crippen molar-refractivity contribution in [3.8, 4) is 0 Å². The number of allylic oxidation sites excluding steroid dienone is 2. The van der Waals surface area contributed by atoms with E-state index in [-0.39, 0.29) is 6.61 Å². The molecule has 0 aromatic heterocycles. The molecule has 1 N–H and O–H groups in total. The van der Waals surface area contributed by atoms with Crippen LogP contribution in [0.15, 0.2) is 22.8 Å². The zero-order valence-electron chi connectivity index (χ0n) is 6.87. The minimum absolute atomic E-state index is 0.213. The predicted molar refractivity (Wildman–Crippen MR) is 53.8 cm³/mol. The van der Waals surface area contributed by atoms with Crippen molar-refractivity contribution in [2.45, 2.75) is 13.8 Å². The summed E-state index contributed by atoms with van der Waals surface area (Å²) in [7, 11) is 0. The Labute approximate surface area is 72.8 Å². The van der Waals surface area contributed by atoms with Gasteiger partial charge in [0.1, 0.15) is 0 Å². The molecule has 11 heavy (non-hydrogen) atoms. The van der Waals surface area contributed by atoms with Crippen LogP contribution in [0.25, 0.3) is 0 Å². The van der Waals surface area contributed by atoms with Gasteiger partial charge < -0.3 is 5.11 Å². The van der Waals surface area contributed by atoms with Gasteiger partial charge in [0.2, 0.25) is 0 Å². The minimum Gasteiger partial charge on any atom is -0.396 e. The summed E-state index contributed by atoms with van der Waals surface area (Å²) in [5, 5.41) is 8.77. The highest BCUT2D eigenvalue weighted by molar-refractivity contribution is 8.17. The molecule has 1 nitrogen and oxygen atoms in total. The molecule has 1 aliphatic rings. The Balaban J connectivity index is 2.88. The molecule has 0 aliphatic carbocycles. The molecule has 0 spiro atoms. The fourth-order valence-electron chi connectivity index (χ4n) is 1.18. The molecule has 0 radical (unpaired) electrons. The molecule has 0 aromatic carbocycles. The van der Waals surface area contributed by atoms with Crippen LogP contribution < -0.4 is 0 Å². The van der Waals surface area contributed by atoms with Crippen molar-refractivity contribution in [2.75, 3.05) is 12.8 Å². The van der Waals surface area contributed by atoms with Crippen LogP contribution in [0, 0.1) is 0 Å². The van der Waals surface area contributed by atoms with E-state index in [0.29, 0.717) is 0 Å². The fourth-order valence-corrected chi connectivity index (χ4v) is 4.74. The lowest BCUT2D eigenvalue weighted by Gasteiger charge is -2.06. The van der Waals surface area contributed by atoms with Gasteiger partial charge in [-0.3, -0.25) is 0 Å². The molecule has 0 fully saturated rings. The van der Waals surface area contributed by atoms with Gasteiger partial charge in [-0.15, -0.1) is 0 Å². The van der Waals surface area contributed by atoms with Crippen molar-refractivity contribution in [3.05, 3.63) is 22.8 Å². The van der Waals surface area contributed by atoms with Gasteiger partial charge in [0.15, 0.2) is 0 Å². The summed E-state index contributed by atoms with van der Waals surface area (Å²) < 4.78 is 0.